The van der Waals surface area contributed by atoms with Crippen LogP contribution in [0.3, 0.4) is 0 Å². The first-order valence-corrected chi connectivity index (χ1v) is 7.64. The fourth-order valence-electron chi connectivity index (χ4n) is 2.23. The molecule has 8 nitrogen and oxygen atoms in total. The highest BCUT2D eigenvalue weighted by Crippen LogP contribution is 2.37. The number of primary amides is 2. The summed E-state index contributed by atoms with van der Waals surface area (Å²) < 4.78 is 29.9. The van der Waals surface area contributed by atoms with Gasteiger partial charge in [-0.3, -0.25) is 4.98 Å². The van der Waals surface area contributed by atoms with Gasteiger partial charge in [-0.25, -0.2) is 9.18 Å². The molecule has 0 bridgehead atoms. The number of methoxy groups -OCH3 is 2. The summed E-state index contributed by atoms with van der Waals surface area (Å²) in [4.78, 5) is 13.3. The lowest BCUT2D eigenvalue weighted by Gasteiger charge is -2.12. The number of ether oxygens (including phenoxy) is 3. The lowest BCUT2D eigenvalue weighted by atomic mass is 10.2. The lowest BCUT2D eigenvalue weighted by Crippen LogP contribution is -2.18. The molecule has 9 heteroatoms. The zero-order valence-electron chi connectivity index (χ0n) is 14.7. The van der Waals surface area contributed by atoms with Gasteiger partial charge in [0.15, 0.2) is 11.5 Å². The smallest absolute Gasteiger partial charge is 0.309 e. The highest BCUT2D eigenvalue weighted by molar-refractivity contribution is 5.88. The SMILES string of the molecule is COc1cc2nccc(Oc3ccc(N)c(F)c3)c2cc1OC.NC(N)=O. The number of hydrogen-bond donors (Lipinski definition) is 3. The maximum atomic E-state index is 13.6. The number of carbonyl (C=O) groups is 1. The Morgan fingerprint density at radius 1 is 1.00 bits per heavy atom. The van der Waals surface area contributed by atoms with E-state index in [-0.39, 0.29) is 5.69 Å². The second kappa shape index (κ2) is 8.56. The predicted molar refractivity (Wildman–Crippen MR) is 99.5 cm³/mol. The van der Waals surface area contributed by atoms with Gasteiger partial charge in [-0.05, 0) is 24.3 Å². The zero-order chi connectivity index (χ0) is 20.0. The summed E-state index contributed by atoms with van der Waals surface area (Å²) in [5.41, 5.74) is 14.7. The number of aromatic nitrogens is 1. The van der Waals surface area contributed by atoms with Crippen LogP contribution in [0, 0.1) is 5.82 Å². The normalized spacial score (nSPS) is 9.89. The molecule has 0 radical (unpaired) electrons. The van der Waals surface area contributed by atoms with Crippen LogP contribution in [0.1, 0.15) is 0 Å². The minimum Gasteiger partial charge on any atom is -0.493 e. The number of carbonyl (C=O) groups excluding carboxylic acids is 1. The van der Waals surface area contributed by atoms with Crippen LogP contribution in [0.5, 0.6) is 23.0 Å². The van der Waals surface area contributed by atoms with Gasteiger partial charge in [0.25, 0.3) is 0 Å². The summed E-state index contributed by atoms with van der Waals surface area (Å²) in [7, 11) is 3.11. The maximum absolute atomic E-state index is 13.6. The van der Waals surface area contributed by atoms with Crippen molar-refractivity contribution in [1.82, 2.24) is 4.98 Å². The number of anilines is 1. The molecule has 142 valence electrons. The number of nitrogens with two attached hydrogens (primary N) is 3. The molecule has 6 N–H and O–H groups in total. The molecule has 0 saturated heterocycles. The van der Waals surface area contributed by atoms with E-state index in [1.807, 2.05) is 0 Å². The minimum atomic E-state index is -0.833. The Kier molecular flexibility index (Phi) is 6.21. The first-order valence-electron chi connectivity index (χ1n) is 7.64. The number of benzene rings is 2. The van der Waals surface area contributed by atoms with E-state index in [2.05, 4.69) is 16.5 Å². The second-order valence-corrected chi connectivity index (χ2v) is 5.22. The molecule has 1 heterocycles. The van der Waals surface area contributed by atoms with Gasteiger partial charge in [0, 0.05) is 23.7 Å². The van der Waals surface area contributed by atoms with E-state index in [1.54, 1.807) is 44.7 Å². The van der Waals surface area contributed by atoms with E-state index >= 15 is 0 Å². The van der Waals surface area contributed by atoms with Crippen molar-refractivity contribution in [2.75, 3.05) is 20.0 Å². The third-order valence-corrected chi connectivity index (χ3v) is 3.41. The molecule has 3 rings (SSSR count). The average molecular weight is 374 g/mol. The zero-order valence-corrected chi connectivity index (χ0v) is 14.7. The first kappa shape index (κ1) is 19.6. The molecule has 0 saturated carbocycles. The Hall–Kier alpha value is -3.75. The number of pyridine rings is 1. The van der Waals surface area contributed by atoms with Gasteiger partial charge in [0.2, 0.25) is 0 Å². The Bertz CT molecular complexity index is 961. The number of fused-ring (bicyclic) bond motifs is 1. The van der Waals surface area contributed by atoms with Crippen LogP contribution in [0.15, 0.2) is 42.6 Å². The molecule has 27 heavy (non-hydrogen) atoms. The van der Waals surface area contributed by atoms with Crippen molar-refractivity contribution in [3.8, 4) is 23.0 Å². The van der Waals surface area contributed by atoms with Crippen molar-refractivity contribution in [2.45, 2.75) is 0 Å². The molecule has 2 aromatic carbocycles. The van der Waals surface area contributed by atoms with E-state index in [1.165, 1.54) is 12.1 Å². The number of halogens is 1. The molecular weight excluding hydrogens is 355 g/mol. The Morgan fingerprint density at radius 3 is 2.22 bits per heavy atom. The highest BCUT2D eigenvalue weighted by Gasteiger charge is 2.11. The summed E-state index contributed by atoms with van der Waals surface area (Å²) >= 11 is 0. The van der Waals surface area contributed by atoms with E-state index < -0.39 is 11.8 Å². The Morgan fingerprint density at radius 2 is 1.63 bits per heavy atom. The first-order chi connectivity index (χ1) is 12.8. The average Bonchev–Trinajstić information content (AvgIpc) is 2.63. The standard InChI is InChI=1S/C17H15FN2O3.CH4N2O/c1-21-16-8-11-14(9-17(16)22-2)20-6-5-15(11)23-10-3-4-13(19)12(18)7-10;2-1(3)4/h3-9H,19H2,1-2H3;(H4,2,3,4). The van der Waals surface area contributed by atoms with E-state index in [4.69, 9.17) is 24.7 Å². The molecule has 2 amide bonds. The fraction of sp³-hybridized carbons (Fsp3) is 0.111. The lowest BCUT2D eigenvalue weighted by molar-refractivity contribution is 0.256. The number of nitrogens with zero attached hydrogens (tertiary/aromatic N) is 1. The van der Waals surface area contributed by atoms with Crippen molar-refractivity contribution in [3.05, 3.63) is 48.4 Å². The van der Waals surface area contributed by atoms with E-state index in [0.29, 0.717) is 28.5 Å². The van der Waals surface area contributed by atoms with Crippen LogP contribution in [0.25, 0.3) is 10.9 Å². The molecule has 3 aromatic rings. The quantitative estimate of drug-likeness (QED) is 0.601. The highest BCUT2D eigenvalue weighted by atomic mass is 19.1. The molecule has 0 aliphatic carbocycles. The van der Waals surface area contributed by atoms with Crippen molar-refractivity contribution in [3.63, 3.8) is 0 Å². The van der Waals surface area contributed by atoms with Crippen LogP contribution in [0.2, 0.25) is 0 Å². The van der Waals surface area contributed by atoms with Crippen LogP contribution < -0.4 is 31.4 Å². The summed E-state index contributed by atoms with van der Waals surface area (Å²) in [5, 5.41) is 0.724. The Labute approximate surface area is 154 Å². The van der Waals surface area contributed by atoms with Gasteiger partial charge < -0.3 is 31.4 Å². The monoisotopic (exact) mass is 374 g/mol. The number of urea groups is 1. The molecule has 1 aromatic heterocycles. The van der Waals surface area contributed by atoms with Gasteiger partial charge in [0.05, 0.1) is 25.4 Å². The molecule has 0 atom stereocenters. The fourth-order valence-corrected chi connectivity index (χ4v) is 2.23. The summed E-state index contributed by atoms with van der Waals surface area (Å²) in [5.74, 6) is 1.48. The third-order valence-electron chi connectivity index (χ3n) is 3.41. The largest absolute Gasteiger partial charge is 0.493 e. The van der Waals surface area contributed by atoms with Gasteiger partial charge in [-0.15, -0.1) is 0 Å². The number of nitrogen functional groups attached to an aromatic ring is 1. The third kappa shape index (κ3) is 4.88. The van der Waals surface area contributed by atoms with Crippen LogP contribution in [0.4, 0.5) is 14.9 Å². The van der Waals surface area contributed by atoms with E-state index in [0.717, 1.165) is 5.39 Å². The maximum Gasteiger partial charge on any atom is 0.309 e. The second-order valence-electron chi connectivity index (χ2n) is 5.22. The van der Waals surface area contributed by atoms with Crippen molar-refractivity contribution in [1.29, 1.82) is 0 Å². The predicted octanol–water partition coefficient (Wildman–Crippen LogP) is 2.79. The van der Waals surface area contributed by atoms with Gasteiger partial charge >= 0.3 is 6.03 Å². The topological polar surface area (TPSA) is 136 Å². The summed E-state index contributed by atoms with van der Waals surface area (Å²) in [6.07, 6.45) is 1.61. The minimum absolute atomic E-state index is 0.0725. The van der Waals surface area contributed by atoms with Gasteiger partial charge in [-0.2, -0.15) is 0 Å². The van der Waals surface area contributed by atoms with Crippen LogP contribution in [-0.4, -0.2) is 25.2 Å². The number of hydrogen-bond acceptors (Lipinski definition) is 6. The van der Waals surface area contributed by atoms with Crippen molar-refractivity contribution in [2.24, 2.45) is 11.5 Å². The summed E-state index contributed by atoms with van der Waals surface area (Å²) in [6.45, 7) is 0. The van der Waals surface area contributed by atoms with Crippen molar-refractivity contribution >= 4 is 22.6 Å². The van der Waals surface area contributed by atoms with Crippen LogP contribution in [-0.2, 0) is 0 Å². The molecule has 0 aliphatic rings. The van der Waals surface area contributed by atoms with Crippen LogP contribution >= 0.6 is 0 Å². The molecular formula is C18H19FN4O4. The van der Waals surface area contributed by atoms with Gasteiger partial charge in [0.1, 0.15) is 17.3 Å². The number of amides is 2. The molecule has 0 unspecified atom stereocenters. The van der Waals surface area contributed by atoms with Gasteiger partial charge in [-0.1, -0.05) is 0 Å². The molecule has 0 fully saturated rings. The van der Waals surface area contributed by atoms with Crippen molar-refractivity contribution < 1.29 is 23.4 Å². The molecule has 0 aliphatic heterocycles. The van der Waals surface area contributed by atoms with E-state index in [9.17, 15) is 4.39 Å². The molecule has 0 spiro atoms. The summed E-state index contributed by atoms with van der Waals surface area (Å²) in [6, 6.07) is 8.68. The number of rotatable bonds is 4. The Balaban J connectivity index is 0.000000596.